The van der Waals surface area contributed by atoms with Gasteiger partial charge in [0.1, 0.15) is 5.82 Å². The van der Waals surface area contributed by atoms with E-state index in [0.717, 1.165) is 22.3 Å². The third-order valence-electron chi connectivity index (χ3n) is 2.71. The molecule has 0 spiro atoms. The van der Waals surface area contributed by atoms with Gasteiger partial charge in [-0.3, -0.25) is 0 Å². The largest absolute Gasteiger partial charge is 0.309 e. The molecule has 0 fully saturated rings. The van der Waals surface area contributed by atoms with Crippen molar-refractivity contribution in [3.63, 3.8) is 0 Å². The first-order valence-corrected chi connectivity index (χ1v) is 7.46. The van der Waals surface area contributed by atoms with Crippen LogP contribution in [0.1, 0.15) is 17.4 Å². The van der Waals surface area contributed by atoms with E-state index >= 15 is 0 Å². The van der Waals surface area contributed by atoms with E-state index in [0.29, 0.717) is 6.04 Å². The zero-order valence-corrected chi connectivity index (χ0v) is 12.5. The summed E-state index contributed by atoms with van der Waals surface area (Å²) in [5.74, 6) is -0.178. The number of rotatable bonds is 5. The van der Waals surface area contributed by atoms with Crippen LogP contribution in [-0.2, 0) is 13.0 Å². The molecule has 2 rings (SSSR count). The lowest BCUT2D eigenvalue weighted by Gasteiger charge is -2.13. The molecule has 1 nitrogen and oxygen atoms in total. The Kier molecular flexibility index (Phi) is 4.92. The highest BCUT2D eigenvalue weighted by molar-refractivity contribution is 9.11. The van der Waals surface area contributed by atoms with Crippen LogP contribution in [0.25, 0.3) is 0 Å². The van der Waals surface area contributed by atoms with Crippen LogP contribution in [-0.4, -0.2) is 6.04 Å². The fourth-order valence-electron chi connectivity index (χ4n) is 1.77. The Labute approximate surface area is 119 Å². The quantitative estimate of drug-likeness (QED) is 0.859. The highest BCUT2D eigenvalue weighted by Crippen LogP contribution is 2.21. The number of benzene rings is 1. The Morgan fingerprint density at radius 1 is 1.22 bits per heavy atom. The van der Waals surface area contributed by atoms with Crippen molar-refractivity contribution < 1.29 is 4.39 Å². The van der Waals surface area contributed by atoms with Crippen LogP contribution in [0.4, 0.5) is 4.39 Å². The van der Waals surface area contributed by atoms with Crippen molar-refractivity contribution in [1.29, 1.82) is 0 Å². The first kappa shape index (κ1) is 13.7. The molecule has 1 unspecified atom stereocenters. The van der Waals surface area contributed by atoms with Crippen LogP contribution >= 0.6 is 27.3 Å². The molecule has 1 atom stereocenters. The van der Waals surface area contributed by atoms with Gasteiger partial charge in [0.2, 0.25) is 0 Å². The maximum Gasteiger partial charge on any atom is 0.123 e. The fourth-order valence-corrected chi connectivity index (χ4v) is 3.20. The van der Waals surface area contributed by atoms with E-state index in [1.807, 2.05) is 12.1 Å². The molecule has 1 N–H and O–H groups in total. The van der Waals surface area contributed by atoms with Crippen molar-refractivity contribution in [3.05, 3.63) is 56.4 Å². The molecule has 0 amide bonds. The Hall–Kier alpha value is -0.710. The number of hydrogen-bond acceptors (Lipinski definition) is 2. The van der Waals surface area contributed by atoms with Gasteiger partial charge in [0.05, 0.1) is 3.79 Å². The van der Waals surface area contributed by atoms with E-state index in [4.69, 9.17) is 0 Å². The summed E-state index contributed by atoms with van der Waals surface area (Å²) in [5, 5.41) is 3.47. The van der Waals surface area contributed by atoms with Crippen LogP contribution < -0.4 is 5.32 Å². The number of hydrogen-bond donors (Lipinski definition) is 1. The van der Waals surface area contributed by atoms with E-state index < -0.39 is 0 Å². The highest BCUT2D eigenvalue weighted by Gasteiger charge is 2.04. The summed E-state index contributed by atoms with van der Waals surface area (Å²) >= 11 is 5.20. The minimum atomic E-state index is -0.178. The molecule has 4 heteroatoms. The zero-order chi connectivity index (χ0) is 13.0. The summed E-state index contributed by atoms with van der Waals surface area (Å²) in [5.41, 5.74) is 1.16. The van der Waals surface area contributed by atoms with E-state index in [-0.39, 0.29) is 5.82 Å². The second-order valence-corrected chi connectivity index (χ2v) is 6.87. The molecule has 1 heterocycles. The van der Waals surface area contributed by atoms with E-state index in [2.05, 4.69) is 40.3 Å². The van der Waals surface area contributed by atoms with Crippen LogP contribution in [0, 0.1) is 5.82 Å². The van der Waals surface area contributed by atoms with Gasteiger partial charge in [-0.2, -0.15) is 0 Å². The standard InChI is InChI=1S/C14H15BrFNS/c1-10(8-11-2-4-12(16)5-3-11)17-9-13-6-7-14(15)18-13/h2-7,10,17H,8-9H2,1H3. The first-order valence-electron chi connectivity index (χ1n) is 5.85. The van der Waals surface area contributed by atoms with E-state index in [9.17, 15) is 4.39 Å². The van der Waals surface area contributed by atoms with Crippen molar-refractivity contribution in [1.82, 2.24) is 5.32 Å². The predicted octanol–water partition coefficient (Wildman–Crippen LogP) is 4.37. The maximum atomic E-state index is 12.8. The Bertz CT molecular complexity index is 495. The molecule has 18 heavy (non-hydrogen) atoms. The van der Waals surface area contributed by atoms with Gasteiger partial charge in [-0.05, 0) is 59.1 Å². The smallest absolute Gasteiger partial charge is 0.123 e. The van der Waals surface area contributed by atoms with Crippen LogP contribution in [0.3, 0.4) is 0 Å². The highest BCUT2D eigenvalue weighted by atomic mass is 79.9. The number of halogens is 2. The van der Waals surface area contributed by atoms with Gasteiger partial charge in [-0.15, -0.1) is 11.3 Å². The molecular weight excluding hydrogens is 313 g/mol. The van der Waals surface area contributed by atoms with Gasteiger partial charge >= 0.3 is 0 Å². The average molecular weight is 328 g/mol. The number of nitrogens with one attached hydrogen (secondary N) is 1. The van der Waals surface area contributed by atoms with Crippen molar-refractivity contribution in [3.8, 4) is 0 Å². The lowest BCUT2D eigenvalue weighted by atomic mass is 10.1. The maximum absolute atomic E-state index is 12.8. The SMILES string of the molecule is CC(Cc1ccc(F)cc1)NCc1ccc(Br)s1. The molecule has 0 saturated heterocycles. The van der Waals surface area contributed by atoms with Gasteiger partial charge < -0.3 is 5.32 Å². The molecule has 2 aromatic rings. The molecule has 0 aliphatic carbocycles. The molecule has 0 aliphatic heterocycles. The average Bonchev–Trinajstić information content (AvgIpc) is 2.76. The van der Waals surface area contributed by atoms with Crippen molar-refractivity contribution in [2.24, 2.45) is 0 Å². The Morgan fingerprint density at radius 3 is 2.56 bits per heavy atom. The normalized spacial score (nSPS) is 12.6. The summed E-state index contributed by atoms with van der Waals surface area (Å²) in [4.78, 5) is 1.31. The van der Waals surface area contributed by atoms with Gasteiger partial charge in [-0.25, -0.2) is 4.39 Å². The topological polar surface area (TPSA) is 12.0 Å². The first-order chi connectivity index (χ1) is 8.63. The summed E-state index contributed by atoms with van der Waals surface area (Å²) in [6, 6.07) is 11.3. The van der Waals surface area contributed by atoms with Gasteiger partial charge in [-0.1, -0.05) is 12.1 Å². The summed E-state index contributed by atoms with van der Waals surface area (Å²) < 4.78 is 13.9. The van der Waals surface area contributed by atoms with Crippen LogP contribution in [0.15, 0.2) is 40.2 Å². The van der Waals surface area contributed by atoms with E-state index in [1.165, 1.54) is 17.0 Å². The molecular formula is C14H15BrFNS. The monoisotopic (exact) mass is 327 g/mol. The van der Waals surface area contributed by atoms with Crippen LogP contribution in [0.2, 0.25) is 0 Å². The second-order valence-electron chi connectivity index (χ2n) is 4.32. The lowest BCUT2D eigenvalue weighted by Crippen LogP contribution is -2.27. The predicted molar refractivity (Wildman–Crippen MR) is 78.4 cm³/mol. The van der Waals surface area contributed by atoms with Gasteiger partial charge in [0.25, 0.3) is 0 Å². The summed E-state index contributed by atoms with van der Waals surface area (Å²) in [6.07, 6.45) is 0.910. The van der Waals surface area contributed by atoms with Crippen LogP contribution in [0.5, 0.6) is 0 Å². The van der Waals surface area contributed by atoms with Crippen molar-refractivity contribution in [2.75, 3.05) is 0 Å². The third-order valence-corrected chi connectivity index (χ3v) is 4.33. The molecule has 0 radical (unpaired) electrons. The Balaban J connectivity index is 1.81. The molecule has 96 valence electrons. The lowest BCUT2D eigenvalue weighted by molar-refractivity contribution is 0.548. The molecule has 0 saturated carbocycles. The minimum Gasteiger partial charge on any atom is -0.309 e. The number of thiophene rings is 1. The second kappa shape index (κ2) is 6.45. The fraction of sp³-hybridized carbons (Fsp3) is 0.286. The summed E-state index contributed by atoms with van der Waals surface area (Å²) in [7, 11) is 0. The molecule has 1 aromatic heterocycles. The molecule has 0 aliphatic rings. The minimum absolute atomic E-state index is 0.178. The molecule has 0 bridgehead atoms. The van der Waals surface area contributed by atoms with Gasteiger partial charge in [0, 0.05) is 17.5 Å². The third kappa shape index (κ3) is 4.19. The molecule has 1 aromatic carbocycles. The van der Waals surface area contributed by atoms with Crippen molar-refractivity contribution in [2.45, 2.75) is 25.9 Å². The zero-order valence-electron chi connectivity index (χ0n) is 10.1. The van der Waals surface area contributed by atoms with Crippen molar-refractivity contribution >= 4 is 27.3 Å². The van der Waals surface area contributed by atoms with E-state index in [1.54, 1.807) is 11.3 Å². The Morgan fingerprint density at radius 2 is 1.94 bits per heavy atom. The van der Waals surface area contributed by atoms with Gasteiger partial charge in [0.15, 0.2) is 0 Å². The summed E-state index contributed by atoms with van der Waals surface area (Å²) in [6.45, 7) is 3.02.